The zero-order valence-corrected chi connectivity index (χ0v) is 20.9. The second-order valence-corrected chi connectivity index (χ2v) is 8.54. The first-order valence-corrected chi connectivity index (χ1v) is 11.9. The highest BCUT2D eigenvalue weighted by Crippen LogP contribution is 2.27. The van der Waals surface area contributed by atoms with Gasteiger partial charge in [0, 0.05) is 23.4 Å². The Morgan fingerprint density at radius 3 is 2.53 bits per heavy atom. The molecule has 0 bridgehead atoms. The molecule has 5 aromatic rings. The molecule has 3 aromatic carbocycles. The van der Waals surface area contributed by atoms with Gasteiger partial charge in [-0.2, -0.15) is 5.10 Å². The molecule has 0 spiro atoms. The van der Waals surface area contributed by atoms with E-state index < -0.39 is 11.8 Å². The SMILES string of the molecule is COc1ccc(-c2nn(-c3ccccc3)cc2/C=C/C(=O)OCc2cn(-c3ccc(F)c(Cl)c3)nn2)cc1. The number of para-hydroxylation sites is 1. The van der Waals surface area contributed by atoms with E-state index in [1.165, 1.54) is 29.0 Å². The summed E-state index contributed by atoms with van der Waals surface area (Å²) in [5.74, 6) is -0.352. The van der Waals surface area contributed by atoms with Crippen LogP contribution in [0.1, 0.15) is 11.3 Å². The molecule has 0 radical (unpaired) electrons. The number of carbonyl (C=O) groups is 1. The van der Waals surface area contributed by atoms with Crippen molar-refractivity contribution >= 4 is 23.6 Å². The number of rotatable bonds is 8. The van der Waals surface area contributed by atoms with Crippen molar-refractivity contribution in [2.24, 2.45) is 0 Å². The molecule has 0 atom stereocenters. The Bertz CT molecular complexity index is 1600. The maximum Gasteiger partial charge on any atom is 0.331 e. The minimum absolute atomic E-state index is 0.0271. The minimum Gasteiger partial charge on any atom is -0.497 e. The topological polar surface area (TPSA) is 84.1 Å². The summed E-state index contributed by atoms with van der Waals surface area (Å²) >= 11 is 5.83. The third kappa shape index (κ3) is 5.63. The van der Waals surface area contributed by atoms with Crippen LogP contribution in [0, 0.1) is 5.82 Å². The Balaban J connectivity index is 1.31. The lowest BCUT2D eigenvalue weighted by molar-refractivity contribution is -0.139. The second-order valence-electron chi connectivity index (χ2n) is 8.14. The van der Waals surface area contributed by atoms with Crippen molar-refractivity contribution in [3.05, 3.63) is 113 Å². The molecular weight excluding hydrogens is 509 g/mol. The standard InChI is InChI=1S/C28H21ClFN5O3/c1-37-24-11-7-19(8-12-24)28-20(16-34(32-28)22-5-3-2-4-6-22)9-14-27(36)38-18-21-17-35(33-31-21)23-10-13-26(30)25(29)15-23/h2-17H,18H2,1H3/b14-9+. The highest BCUT2D eigenvalue weighted by atomic mass is 35.5. The molecule has 2 aromatic heterocycles. The zero-order valence-electron chi connectivity index (χ0n) is 20.2. The van der Waals surface area contributed by atoms with Crippen molar-refractivity contribution in [3.63, 3.8) is 0 Å². The summed E-state index contributed by atoms with van der Waals surface area (Å²) in [5.41, 5.74) is 4.13. The van der Waals surface area contributed by atoms with Crippen molar-refractivity contribution in [2.75, 3.05) is 7.11 Å². The number of hydrogen-bond acceptors (Lipinski definition) is 6. The van der Waals surface area contributed by atoms with E-state index in [1.807, 2.05) is 60.8 Å². The van der Waals surface area contributed by atoms with Gasteiger partial charge in [0.1, 0.15) is 23.9 Å². The Morgan fingerprint density at radius 1 is 1.00 bits per heavy atom. The molecule has 5 rings (SSSR count). The van der Waals surface area contributed by atoms with Crippen molar-refractivity contribution < 1.29 is 18.7 Å². The largest absolute Gasteiger partial charge is 0.497 e. The molecule has 190 valence electrons. The molecule has 38 heavy (non-hydrogen) atoms. The number of aromatic nitrogens is 5. The van der Waals surface area contributed by atoms with Gasteiger partial charge in [-0.15, -0.1) is 5.10 Å². The predicted molar refractivity (Wildman–Crippen MR) is 141 cm³/mol. The number of nitrogens with zero attached hydrogens (tertiary/aromatic N) is 5. The summed E-state index contributed by atoms with van der Waals surface area (Å²) in [6, 6.07) is 21.4. The predicted octanol–water partition coefficient (Wildman–Crippen LogP) is 5.68. The molecule has 0 saturated heterocycles. The third-order valence-electron chi connectivity index (χ3n) is 5.60. The highest BCUT2D eigenvalue weighted by Gasteiger charge is 2.12. The molecule has 2 heterocycles. The summed E-state index contributed by atoms with van der Waals surface area (Å²) in [6.45, 7) is -0.0906. The lowest BCUT2D eigenvalue weighted by Crippen LogP contribution is -2.01. The van der Waals surface area contributed by atoms with Gasteiger partial charge in [0.2, 0.25) is 0 Å². The van der Waals surface area contributed by atoms with Gasteiger partial charge < -0.3 is 9.47 Å². The maximum atomic E-state index is 13.4. The van der Waals surface area contributed by atoms with Gasteiger partial charge >= 0.3 is 5.97 Å². The normalized spacial score (nSPS) is 11.1. The molecule has 0 aliphatic rings. The van der Waals surface area contributed by atoms with Gasteiger partial charge in [-0.3, -0.25) is 0 Å². The monoisotopic (exact) mass is 529 g/mol. The van der Waals surface area contributed by atoms with Gasteiger partial charge in [-0.25, -0.2) is 18.5 Å². The van der Waals surface area contributed by atoms with Gasteiger partial charge in [0.15, 0.2) is 0 Å². The summed E-state index contributed by atoms with van der Waals surface area (Å²) < 4.78 is 27.2. The molecule has 0 aliphatic carbocycles. The molecule has 0 fully saturated rings. The van der Waals surface area contributed by atoms with E-state index in [-0.39, 0.29) is 11.6 Å². The van der Waals surface area contributed by atoms with Crippen LogP contribution in [0.25, 0.3) is 28.7 Å². The number of benzene rings is 3. The van der Waals surface area contributed by atoms with Crippen LogP contribution in [0.15, 0.2) is 91.3 Å². The number of halogens is 2. The maximum absolute atomic E-state index is 13.4. The van der Waals surface area contributed by atoms with Gasteiger partial charge in [-0.1, -0.05) is 35.0 Å². The first kappa shape index (κ1) is 24.9. The molecular formula is C28H21ClFN5O3. The fraction of sp³-hybridized carbons (Fsp3) is 0.0714. The summed E-state index contributed by atoms with van der Waals surface area (Å²) in [7, 11) is 1.61. The molecule has 10 heteroatoms. The van der Waals surface area contributed by atoms with Crippen LogP contribution in [0.4, 0.5) is 4.39 Å². The average Bonchev–Trinajstić information content (AvgIpc) is 3.60. The van der Waals surface area contributed by atoms with Gasteiger partial charge in [-0.05, 0) is 60.7 Å². The van der Waals surface area contributed by atoms with E-state index in [1.54, 1.807) is 24.1 Å². The Labute approximate surface area is 222 Å². The Kier molecular flexibility index (Phi) is 7.28. The number of ether oxygens (including phenoxy) is 2. The van der Waals surface area contributed by atoms with Crippen LogP contribution in [-0.4, -0.2) is 37.9 Å². The molecule has 0 unspecified atom stereocenters. The number of esters is 1. The van der Waals surface area contributed by atoms with Crippen LogP contribution in [-0.2, 0) is 16.1 Å². The highest BCUT2D eigenvalue weighted by molar-refractivity contribution is 6.30. The average molecular weight is 530 g/mol. The van der Waals surface area contributed by atoms with E-state index >= 15 is 0 Å². The number of carbonyl (C=O) groups excluding carboxylic acids is 1. The Hall–Kier alpha value is -4.76. The fourth-order valence-corrected chi connectivity index (χ4v) is 3.84. The van der Waals surface area contributed by atoms with Crippen LogP contribution in [0.5, 0.6) is 5.75 Å². The molecule has 0 N–H and O–H groups in total. The smallest absolute Gasteiger partial charge is 0.331 e. The van der Waals surface area contributed by atoms with Gasteiger partial charge in [0.25, 0.3) is 0 Å². The van der Waals surface area contributed by atoms with Crippen LogP contribution >= 0.6 is 11.6 Å². The van der Waals surface area contributed by atoms with Crippen LogP contribution in [0.2, 0.25) is 5.02 Å². The van der Waals surface area contributed by atoms with Crippen LogP contribution in [0.3, 0.4) is 0 Å². The van der Waals surface area contributed by atoms with E-state index in [0.29, 0.717) is 17.1 Å². The first-order valence-electron chi connectivity index (χ1n) is 11.5. The first-order chi connectivity index (χ1) is 18.5. The van der Waals surface area contributed by atoms with Crippen molar-refractivity contribution in [2.45, 2.75) is 6.61 Å². The van der Waals surface area contributed by atoms with Crippen LogP contribution < -0.4 is 4.74 Å². The summed E-state index contributed by atoms with van der Waals surface area (Å²) in [4.78, 5) is 12.5. The van der Waals surface area contributed by atoms with E-state index in [4.69, 9.17) is 26.2 Å². The van der Waals surface area contributed by atoms with Gasteiger partial charge in [0.05, 0.1) is 35.4 Å². The second kappa shape index (κ2) is 11.1. The lowest BCUT2D eigenvalue weighted by Gasteiger charge is -2.03. The summed E-state index contributed by atoms with van der Waals surface area (Å²) in [6.07, 6.45) is 6.42. The lowest BCUT2D eigenvalue weighted by atomic mass is 10.1. The molecule has 0 saturated carbocycles. The third-order valence-corrected chi connectivity index (χ3v) is 5.89. The molecule has 8 nitrogen and oxygen atoms in total. The molecule has 0 aliphatic heterocycles. The Morgan fingerprint density at radius 2 is 1.79 bits per heavy atom. The number of methoxy groups -OCH3 is 1. The van der Waals surface area contributed by atoms with E-state index in [0.717, 1.165) is 22.6 Å². The quantitative estimate of drug-likeness (QED) is 0.190. The van der Waals surface area contributed by atoms with Crippen molar-refractivity contribution in [3.8, 4) is 28.4 Å². The number of hydrogen-bond donors (Lipinski definition) is 0. The fourth-order valence-electron chi connectivity index (χ4n) is 3.66. The van der Waals surface area contributed by atoms with E-state index in [9.17, 15) is 9.18 Å². The van der Waals surface area contributed by atoms with E-state index in [2.05, 4.69) is 10.3 Å². The molecule has 0 amide bonds. The van der Waals surface area contributed by atoms with Crippen molar-refractivity contribution in [1.29, 1.82) is 0 Å². The van der Waals surface area contributed by atoms with Crippen molar-refractivity contribution in [1.82, 2.24) is 24.8 Å². The zero-order chi connectivity index (χ0) is 26.5. The minimum atomic E-state index is -0.558. The summed E-state index contributed by atoms with van der Waals surface area (Å²) in [5, 5.41) is 12.7.